The molecule has 0 nitrogen and oxygen atoms in total. The van der Waals surface area contributed by atoms with Crippen LogP contribution in [-0.2, 0) is 6.42 Å². The number of fused-ring (bicyclic) bond motifs is 1. The molecular formula is C13H20. The number of hydrogen-bond donors (Lipinski definition) is 0. The monoisotopic (exact) mass is 176 g/mol. The number of rotatable bonds is 0. The summed E-state index contributed by atoms with van der Waals surface area (Å²) in [6.45, 7) is 8.50. The van der Waals surface area contributed by atoms with Gasteiger partial charge in [0.25, 0.3) is 0 Å². The molecule has 0 spiro atoms. The van der Waals surface area contributed by atoms with Crippen molar-refractivity contribution in [2.24, 2.45) is 0 Å². The van der Waals surface area contributed by atoms with Crippen molar-refractivity contribution in [3.63, 3.8) is 0 Å². The van der Waals surface area contributed by atoms with Gasteiger partial charge in [-0.05, 0) is 36.8 Å². The molecule has 1 atom stereocenters. The van der Waals surface area contributed by atoms with Crippen LogP contribution in [0.5, 0.6) is 0 Å². The average molecular weight is 176 g/mol. The van der Waals surface area contributed by atoms with Crippen molar-refractivity contribution >= 4 is 0 Å². The van der Waals surface area contributed by atoms with E-state index in [1.807, 2.05) is 13.8 Å². The first kappa shape index (κ1) is 10.3. The van der Waals surface area contributed by atoms with Crippen LogP contribution in [0.3, 0.4) is 0 Å². The topological polar surface area (TPSA) is 0 Å². The molecule has 0 saturated heterocycles. The van der Waals surface area contributed by atoms with E-state index < -0.39 is 0 Å². The lowest BCUT2D eigenvalue weighted by atomic mass is 10.0. The van der Waals surface area contributed by atoms with Crippen molar-refractivity contribution in [3.05, 3.63) is 34.9 Å². The van der Waals surface area contributed by atoms with Gasteiger partial charge in [-0.1, -0.05) is 44.5 Å². The van der Waals surface area contributed by atoms with E-state index in [2.05, 4.69) is 32.0 Å². The molecule has 0 radical (unpaired) electrons. The molecule has 1 aromatic rings. The molecule has 0 aromatic heterocycles. The third-order valence-corrected chi connectivity index (χ3v) is 2.68. The zero-order valence-corrected chi connectivity index (χ0v) is 9.22. The van der Waals surface area contributed by atoms with Crippen LogP contribution in [0.15, 0.2) is 18.2 Å². The maximum atomic E-state index is 2.34. The van der Waals surface area contributed by atoms with Crippen molar-refractivity contribution in [3.8, 4) is 0 Å². The average Bonchev–Trinajstić information content (AvgIpc) is 2.52. The van der Waals surface area contributed by atoms with Crippen LogP contribution in [0.2, 0.25) is 0 Å². The van der Waals surface area contributed by atoms with E-state index in [4.69, 9.17) is 0 Å². The van der Waals surface area contributed by atoms with Gasteiger partial charge in [-0.3, -0.25) is 0 Å². The summed E-state index contributed by atoms with van der Waals surface area (Å²) in [4.78, 5) is 0. The van der Waals surface area contributed by atoms with Gasteiger partial charge in [0.15, 0.2) is 0 Å². The fourth-order valence-corrected chi connectivity index (χ4v) is 1.93. The summed E-state index contributed by atoms with van der Waals surface area (Å²) in [7, 11) is 0. The highest BCUT2D eigenvalue weighted by Gasteiger charge is 2.17. The SMILES string of the molecule is CC.Cc1ccc2c(c1)C(C)CC2. The predicted molar refractivity (Wildman–Crippen MR) is 59.3 cm³/mol. The zero-order chi connectivity index (χ0) is 9.84. The summed E-state index contributed by atoms with van der Waals surface area (Å²) in [5.41, 5.74) is 4.56. The lowest BCUT2D eigenvalue weighted by Gasteiger charge is -2.04. The normalized spacial score (nSPS) is 18.9. The second-order valence-corrected chi connectivity index (χ2v) is 3.64. The Balaban J connectivity index is 0.000000396. The Bertz CT molecular complexity index is 273. The van der Waals surface area contributed by atoms with Crippen molar-refractivity contribution in [2.75, 3.05) is 0 Å². The Kier molecular flexibility index (Phi) is 3.53. The van der Waals surface area contributed by atoms with E-state index in [1.165, 1.54) is 18.4 Å². The third kappa shape index (κ3) is 2.12. The molecule has 72 valence electrons. The molecule has 0 fully saturated rings. The van der Waals surface area contributed by atoms with Gasteiger partial charge in [0.2, 0.25) is 0 Å². The summed E-state index contributed by atoms with van der Waals surface area (Å²) in [6, 6.07) is 6.85. The minimum atomic E-state index is 0.796. The van der Waals surface area contributed by atoms with Gasteiger partial charge < -0.3 is 0 Å². The molecule has 1 aliphatic rings. The van der Waals surface area contributed by atoms with Crippen LogP contribution in [0, 0.1) is 6.92 Å². The second-order valence-electron chi connectivity index (χ2n) is 3.64. The van der Waals surface area contributed by atoms with E-state index in [-0.39, 0.29) is 0 Å². The third-order valence-electron chi connectivity index (χ3n) is 2.68. The Hall–Kier alpha value is -0.780. The van der Waals surface area contributed by atoms with Crippen molar-refractivity contribution in [1.29, 1.82) is 0 Å². The lowest BCUT2D eigenvalue weighted by Crippen LogP contribution is -1.86. The molecule has 13 heavy (non-hydrogen) atoms. The highest BCUT2D eigenvalue weighted by atomic mass is 14.2. The number of benzene rings is 1. The summed E-state index contributed by atoms with van der Waals surface area (Å²) in [6.07, 6.45) is 2.63. The molecule has 0 N–H and O–H groups in total. The first-order valence-corrected chi connectivity index (χ1v) is 5.37. The minimum absolute atomic E-state index is 0.796. The maximum Gasteiger partial charge on any atom is -0.0184 e. The van der Waals surface area contributed by atoms with Crippen molar-refractivity contribution < 1.29 is 0 Å². The van der Waals surface area contributed by atoms with Crippen LogP contribution >= 0.6 is 0 Å². The maximum absolute atomic E-state index is 2.34. The molecule has 0 amide bonds. The van der Waals surface area contributed by atoms with Gasteiger partial charge in [0.05, 0.1) is 0 Å². The van der Waals surface area contributed by atoms with Crippen LogP contribution < -0.4 is 0 Å². The molecule has 1 unspecified atom stereocenters. The van der Waals surface area contributed by atoms with Crippen molar-refractivity contribution in [1.82, 2.24) is 0 Å². The van der Waals surface area contributed by atoms with E-state index in [1.54, 1.807) is 11.1 Å². The Morgan fingerprint density at radius 1 is 1.23 bits per heavy atom. The largest absolute Gasteiger partial charge is 0.0683 e. The predicted octanol–water partition coefficient (Wildman–Crippen LogP) is 4.07. The quantitative estimate of drug-likeness (QED) is 0.559. The van der Waals surface area contributed by atoms with Crippen LogP contribution in [0.1, 0.15) is 49.8 Å². The highest BCUT2D eigenvalue weighted by molar-refractivity contribution is 5.37. The Morgan fingerprint density at radius 2 is 1.92 bits per heavy atom. The smallest absolute Gasteiger partial charge is 0.0184 e. The van der Waals surface area contributed by atoms with Gasteiger partial charge >= 0.3 is 0 Å². The number of hydrogen-bond acceptors (Lipinski definition) is 0. The number of aryl methyl sites for hydroxylation is 2. The fraction of sp³-hybridized carbons (Fsp3) is 0.538. The zero-order valence-electron chi connectivity index (χ0n) is 9.22. The van der Waals surface area contributed by atoms with E-state index >= 15 is 0 Å². The fourth-order valence-electron chi connectivity index (χ4n) is 1.93. The molecule has 0 bridgehead atoms. The standard InChI is InChI=1S/C11H14.C2H6/c1-8-3-5-10-6-4-9(2)11(10)7-8;1-2/h3,5,7,9H,4,6H2,1-2H3;1-2H3. The van der Waals surface area contributed by atoms with Gasteiger partial charge in [-0.25, -0.2) is 0 Å². The van der Waals surface area contributed by atoms with E-state index in [0.717, 1.165) is 5.92 Å². The summed E-state index contributed by atoms with van der Waals surface area (Å²) in [5, 5.41) is 0. The van der Waals surface area contributed by atoms with E-state index in [9.17, 15) is 0 Å². The molecule has 1 aromatic carbocycles. The van der Waals surface area contributed by atoms with Crippen LogP contribution in [0.25, 0.3) is 0 Å². The van der Waals surface area contributed by atoms with Gasteiger partial charge in [-0.15, -0.1) is 0 Å². The van der Waals surface area contributed by atoms with Gasteiger partial charge in [0, 0.05) is 0 Å². The Labute approximate surface area is 82.0 Å². The van der Waals surface area contributed by atoms with Crippen LogP contribution in [-0.4, -0.2) is 0 Å². The summed E-state index contributed by atoms with van der Waals surface area (Å²) >= 11 is 0. The second kappa shape index (κ2) is 4.45. The first-order chi connectivity index (χ1) is 6.27. The highest BCUT2D eigenvalue weighted by Crippen LogP contribution is 2.32. The van der Waals surface area contributed by atoms with E-state index in [0.29, 0.717) is 0 Å². The molecule has 0 heteroatoms. The van der Waals surface area contributed by atoms with Crippen molar-refractivity contribution in [2.45, 2.75) is 46.5 Å². The van der Waals surface area contributed by atoms with Gasteiger partial charge in [0.1, 0.15) is 0 Å². The van der Waals surface area contributed by atoms with Crippen LogP contribution in [0.4, 0.5) is 0 Å². The molecular weight excluding hydrogens is 156 g/mol. The molecule has 0 saturated carbocycles. The summed E-state index contributed by atoms with van der Waals surface area (Å²) < 4.78 is 0. The first-order valence-electron chi connectivity index (χ1n) is 5.37. The molecule has 1 aliphatic carbocycles. The Morgan fingerprint density at radius 3 is 2.62 bits per heavy atom. The lowest BCUT2D eigenvalue weighted by molar-refractivity contribution is 0.747. The molecule has 0 aliphatic heterocycles. The molecule has 0 heterocycles. The minimum Gasteiger partial charge on any atom is -0.0683 e. The molecule has 2 rings (SSSR count). The van der Waals surface area contributed by atoms with Gasteiger partial charge in [-0.2, -0.15) is 0 Å². The summed E-state index contributed by atoms with van der Waals surface area (Å²) in [5.74, 6) is 0.796.